The second-order valence-electron chi connectivity index (χ2n) is 3.22. The summed E-state index contributed by atoms with van der Waals surface area (Å²) in [5, 5.41) is 0. The fourth-order valence-corrected chi connectivity index (χ4v) is 1.72. The first-order valence-electron chi connectivity index (χ1n) is 4.65. The minimum absolute atomic E-state index is 0.0178. The van der Waals surface area contributed by atoms with E-state index < -0.39 is 23.5 Å². The minimum atomic E-state index is -2.94. The summed E-state index contributed by atoms with van der Waals surface area (Å²) in [6.07, 6.45) is -1.96. The maximum absolute atomic E-state index is 12.7. The smallest absolute Gasteiger partial charge is 0.310 e. The molecule has 1 aromatic heterocycles. The van der Waals surface area contributed by atoms with Crippen molar-refractivity contribution >= 4 is 17.6 Å². The Hall–Kier alpha value is -1.43. The number of hydrogen-bond donors (Lipinski definition) is 1. The fourth-order valence-electron chi connectivity index (χ4n) is 1.40. The minimum Gasteiger partial charge on any atom is -0.469 e. The number of pyridine rings is 1. The summed E-state index contributed by atoms with van der Waals surface area (Å²) in [7, 11) is 1.18. The van der Waals surface area contributed by atoms with Crippen molar-refractivity contribution in [2.24, 2.45) is 0 Å². The van der Waals surface area contributed by atoms with Gasteiger partial charge in [-0.2, -0.15) is 0 Å². The SMILES string of the molecule is COC(=O)Cc1c[nH]c(=O)c(C(F)F)c1CCl. The van der Waals surface area contributed by atoms with Gasteiger partial charge in [0, 0.05) is 12.1 Å². The molecule has 1 aromatic rings. The van der Waals surface area contributed by atoms with E-state index in [-0.39, 0.29) is 23.4 Å². The largest absolute Gasteiger partial charge is 0.469 e. The number of rotatable bonds is 4. The number of aromatic nitrogens is 1. The molecule has 0 aliphatic rings. The molecule has 0 fully saturated rings. The van der Waals surface area contributed by atoms with E-state index in [0.29, 0.717) is 0 Å². The van der Waals surface area contributed by atoms with Crippen LogP contribution in [0.25, 0.3) is 0 Å². The van der Waals surface area contributed by atoms with Gasteiger partial charge < -0.3 is 9.72 Å². The monoisotopic (exact) mass is 265 g/mol. The molecule has 0 radical (unpaired) electrons. The van der Waals surface area contributed by atoms with Crippen LogP contribution in [0.1, 0.15) is 23.1 Å². The average Bonchev–Trinajstić information content (AvgIpc) is 2.30. The molecule has 0 aliphatic heterocycles. The molecule has 94 valence electrons. The Bertz CT molecular complexity index is 473. The lowest BCUT2D eigenvalue weighted by atomic mass is 10.0. The zero-order valence-electron chi connectivity index (χ0n) is 8.93. The number of ether oxygens (including phenoxy) is 1. The zero-order valence-corrected chi connectivity index (χ0v) is 9.68. The van der Waals surface area contributed by atoms with Gasteiger partial charge in [0.25, 0.3) is 12.0 Å². The number of esters is 1. The van der Waals surface area contributed by atoms with E-state index in [0.717, 1.165) is 0 Å². The van der Waals surface area contributed by atoms with Crippen LogP contribution in [0, 0.1) is 0 Å². The van der Waals surface area contributed by atoms with Crippen molar-refractivity contribution in [1.29, 1.82) is 0 Å². The molecule has 0 amide bonds. The summed E-state index contributed by atoms with van der Waals surface area (Å²) in [6, 6.07) is 0. The van der Waals surface area contributed by atoms with Crippen molar-refractivity contribution in [3.05, 3.63) is 33.2 Å². The lowest BCUT2D eigenvalue weighted by Crippen LogP contribution is -2.19. The number of methoxy groups -OCH3 is 1. The molecule has 1 N–H and O–H groups in total. The molecule has 7 heteroatoms. The van der Waals surface area contributed by atoms with Gasteiger partial charge in [-0.3, -0.25) is 9.59 Å². The number of H-pyrrole nitrogens is 1. The lowest BCUT2D eigenvalue weighted by Gasteiger charge is -2.10. The van der Waals surface area contributed by atoms with Gasteiger partial charge in [0.2, 0.25) is 0 Å². The van der Waals surface area contributed by atoms with Crippen LogP contribution in [0.4, 0.5) is 8.78 Å². The molecule has 0 unspecified atom stereocenters. The third-order valence-corrected chi connectivity index (χ3v) is 2.52. The van der Waals surface area contributed by atoms with Gasteiger partial charge in [0.05, 0.1) is 19.1 Å². The second-order valence-corrected chi connectivity index (χ2v) is 3.49. The highest BCUT2D eigenvalue weighted by molar-refractivity contribution is 6.17. The van der Waals surface area contributed by atoms with Crippen molar-refractivity contribution < 1.29 is 18.3 Å². The molecule has 0 saturated heterocycles. The molecule has 0 saturated carbocycles. The molecule has 0 aromatic carbocycles. The van der Waals surface area contributed by atoms with E-state index in [2.05, 4.69) is 9.72 Å². The molecule has 17 heavy (non-hydrogen) atoms. The molecule has 1 heterocycles. The highest BCUT2D eigenvalue weighted by Gasteiger charge is 2.21. The molecular formula is C10H10ClF2NO3. The van der Waals surface area contributed by atoms with E-state index in [4.69, 9.17) is 11.6 Å². The Balaban J connectivity index is 3.28. The van der Waals surface area contributed by atoms with Crippen LogP contribution in [0.3, 0.4) is 0 Å². The van der Waals surface area contributed by atoms with Crippen LogP contribution in [-0.2, 0) is 21.8 Å². The van der Waals surface area contributed by atoms with Crippen molar-refractivity contribution in [2.45, 2.75) is 18.7 Å². The van der Waals surface area contributed by atoms with Gasteiger partial charge in [-0.15, -0.1) is 11.6 Å². The molecular weight excluding hydrogens is 256 g/mol. The van der Waals surface area contributed by atoms with Gasteiger partial charge >= 0.3 is 5.97 Å². The highest BCUT2D eigenvalue weighted by Crippen LogP contribution is 2.23. The van der Waals surface area contributed by atoms with Crippen LogP contribution in [0.2, 0.25) is 0 Å². The zero-order chi connectivity index (χ0) is 13.0. The Morgan fingerprint density at radius 3 is 2.71 bits per heavy atom. The van der Waals surface area contributed by atoms with Crippen LogP contribution in [0.15, 0.2) is 11.0 Å². The lowest BCUT2D eigenvalue weighted by molar-refractivity contribution is -0.139. The number of hydrogen-bond acceptors (Lipinski definition) is 3. The topological polar surface area (TPSA) is 59.2 Å². The maximum Gasteiger partial charge on any atom is 0.310 e. The van der Waals surface area contributed by atoms with Crippen LogP contribution in [-0.4, -0.2) is 18.1 Å². The van der Waals surface area contributed by atoms with E-state index >= 15 is 0 Å². The number of halogens is 3. The summed E-state index contributed by atoms with van der Waals surface area (Å²) >= 11 is 5.54. The molecule has 1 rings (SSSR count). The predicted octanol–water partition coefficient (Wildman–Crippen LogP) is 1.77. The second kappa shape index (κ2) is 5.77. The number of carbonyl (C=O) groups excluding carboxylic acids is 1. The third-order valence-electron chi connectivity index (χ3n) is 2.25. The molecule has 0 bridgehead atoms. The summed E-state index contributed by atoms with van der Waals surface area (Å²) in [5.74, 6) is -0.862. The number of nitrogens with one attached hydrogen (secondary N) is 1. The molecule has 0 atom stereocenters. The maximum atomic E-state index is 12.7. The van der Waals surface area contributed by atoms with Gasteiger partial charge in [-0.25, -0.2) is 8.78 Å². The Kier molecular flexibility index (Phi) is 4.62. The fraction of sp³-hybridized carbons (Fsp3) is 0.400. The van der Waals surface area contributed by atoms with E-state index in [9.17, 15) is 18.4 Å². The van der Waals surface area contributed by atoms with E-state index in [1.807, 2.05) is 0 Å². The van der Waals surface area contributed by atoms with Crippen molar-refractivity contribution in [2.75, 3.05) is 7.11 Å². The van der Waals surface area contributed by atoms with Gasteiger partial charge in [-0.05, 0) is 11.1 Å². The van der Waals surface area contributed by atoms with Crippen molar-refractivity contribution in [3.63, 3.8) is 0 Å². The molecule has 4 nitrogen and oxygen atoms in total. The summed E-state index contributed by atoms with van der Waals surface area (Å²) in [4.78, 5) is 24.5. The van der Waals surface area contributed by atoms with Gasteiger partial charge in [0.15, 0.2) is 0 Å². The van der Waals surface area contributed by atoms with E-state index in [1.165, 1.54) is 13.3 Å². The first kappa shape index (κ1) is 13.6. The summed E-state index contributed by atoms with van der Waals surface area (Å²) in [6.45, 7) is 0. The number of alkyl halides is 3. The number of carbonyl (C=O) groups is 1. The van der Waals surface area contributed by atoms with Crippen LogP contribution in [0.5, 0.6) is 0 Å². The Labute approximate surface area is 101 Å². The third kappa shape index (κ3) is 3.03. The van der Waals surface area contributed by atoms with Crippen LogP contribution < -0.4 is 5.56 Å². The Morgan fingerprint density at radius 1 is 1.59 bits per heavy atom. The Morgan fingerprint density at radius 2 is 2.24 bits per heavy atom. The average molecular weight is 266 g/mol. The molecule has 0 aliphatic carbocycles. The first-order valence-corrected chi connectivity index (χ1v) is 5.19. The summed E-state index contributed by atoms with van der Waals surface area (Å²) < 4.78 is 29.8. The standard InChI is InChI=1S/C10H10ClF2NO3/c1-17-7(15)2-5-4-14-10(16)8(9(12)13)6(5)3-11/h4,9H,2-3H2,1H3,(H,14,16). The molecule has 0 spiro atoms. The van der Waals surface area contributed by atoms with Gasteiger partial charge in [0.1, 0.15) is 0 Å². The van der Waals surface area contributed by atoms with Crippen LogP contribution >= 0.6 is 11.6 Å². The summed E-state index contributed by atoms with van der Waals surface area (Å²) in [5.41, 5.74) is -1.37. The predicted molar refractivity (Wildman–Crippen MR) is 57.3 cm³/mol. The highest BCUT2D eigenvalue weighted by atomic mass is 35.5. The van der Waals surface area contributed by atoms with Gasteiger partial charge in [-0.1, -0.05) is 0 Å². The number of aromatic amines is 1. The van der Waals surface area contributed by atoms with Crippen molar-refractivity contribution in [3.8, 4) is 0 Å². The quantitative estimate of drug-likeness (QED) is 0.667. The first-order chi connectivity index (χ1) is 8.01. The van der Waals surface area contributed by atoms with Crippen molar-refractivity contribution in [1.82, 2.24) is 4.98 Å². The normalized spacial score (nSPS) is 10.6. The van der Waals surface area contributed by atoms with E-state index in [1.54, 1.807) is 0 Å².